The van der Waals surface area contributed by atoms with Crippen molar-refractivity contribution in [3.8, 4) is 11.3 Å². The number of esters is 1. The number of allylic oxidation sites excluding steroid dienone is 1. The average Bonchev–Trinajstić information content (AvgIpc) is 3.60. The molecule has 2 aromatic heterocycles. The fourth-order valence-electron chi connectivity index (χ4n) is 3.77. The molecule has 0 saturated carbocycles. The number of ether oxygens (including phenoxy) is 1. The van der Waals surface area contributed by atoms with Crippen molar-refractivity contribution < 1.29 is 27.6 Å². The van der Waals surface area contributed by atoms with E-state index in [0.29, 0.717) is 39.3 Å². The first kappa shape index (κ1) is 25.5. The van der Waals surface area contributed by atoms with Gasteiger partial charge in [0.05, 0.1) is 17.0 Å². The van der Waals surface area contributed by atoms with Gasteiger partial charge in [0, 0.05) is 12.0 Å². The molecule has 4 aromatic rings. The predicted octanol–water partition coefficient (Wildman–Crippen LogP) is 5.65. The summed E-state index contributed by atoms with van der Waals surface area (Å²) in [5.41, 5.74) is 2.13. The largest absolute Gasteiger partial charge is 0.519 e. The van der Waals surface area contributed by atoms with Crippen molar-refractivity contribution in [1.82, 2.24) is 4.90 Å². The number of thioether (sulfide) groups is 1. The van der Waals surface area contributed by atoms with Crippen LogP contribution in [0.4, 0.5) is 0 Å². The first-order valence-corrected chi connectivity index (χ1v) is 12.8. The summed E-state index contributed by atoms with van der Waals surface area (Å²) in [5, 5.41) is 0. The number of carbonyl (C=O) groups is 2. The number of benzene rings is 2. The minimum atomic E-state index is -0.839. The second-order valence-electron chi connectivity index (χ2n) is 8.37. The van der Waals surface area contributed by atoms with Gasteiger partial charge in [-0.25, -0.2) is 9.59 Å². The second kappa shape index (κ2) is 11.1. The Morgan fingerprint density at radius 2 is 1.76 bits per heavy atom. The van der Waals surface area contributed by atoms with Crippen molar-refractivity contribution in [3.63, 3.8) is 0 Å². The zero-order chi connectivity index (χ0) is 26.6. The third kappa shape index (κ3) is 5.71. The summed E-state index contributed by atoms with van der Waals surface area (Å²) in [6.45, 7) is 1.79. The zero-order valence-electron chi connectivity index (χ0n) is 20.2. The Labute approximate surface area is 226 Å². The number of carbonyl (C=O) groups excluding carboxylic acids is 2. The lowest BCUT2D eigenvalue weighted by atomic mass is 10.1. The van der Waals surface area contributed by atoms with E-state index in [1.165, 1.54) is 11.8 Å². The second-order valence-corrected chi connectivity index (χ2v) is 10.0. The van der Waals surface area contributed by atoms with E-state index in [1.807, 2.05) is 48.5 Å². The molecular weight excluding hydrogens is 526 g/mol. The molecule has 0 spiro atoms. The Kier molecular flexibility index (Phi) is 7.43. The van der Waals surface area contributed by atoms with Gasteiger partial charge in [-0.3, -0.25) is 9.69 Å². The molecule has 10 heteroatoms. The van der Waals surface area contributed by atoms with Crippen LogP contribution in [-0.4, -0.2) is 21.1 Å². The Bertz CT molecular complexity index is 1580. The van der Waals surface area contributed by atoms with E-state index in [1.54, 1.807) is 36.1 Å². The highest BCUT2D eigenvalue weighted by atomic mass is 32.2. The van der Waals surface area contributed by atoms with Crippen molar-refractivity contribution in [1.29, 1.82) is 0 Å². The normalized spacial score (nSPS) is 14.4. The van der Waals surface area contributed by atoms with Crippen molar-refractivity contribution in [3.05, 3.63) is 117 Å². The van der Waals surface area contributed by atoms with Gasteiger partial charge in [0.25, 0.3) is 5.91 Å². The third-order valence-corrected chi connectivity index (χ3v) is 7.21. The van der Waals surface area contributed by atoms with Gasteiger partial charge < -0.3 is 18.0 Å². The minimum absolute atomic E-state index is 0.108. The van der Waals surface area contributed by atoms with E-state index in [9.17, 15) is 14.4 Å². The van der Waals surface area contributed by atoms with Crippen LogP contribution in [0, 0.1) is 6.92 Å². The van der Waals surface area contributed by atoms with Crippen LogP contribution in [0.3, 0.4) is 0 Å². The monoisotopic (exact) mass is 547 g/mol. The summed E-state index contributed by atoms with van der Waals surface area (Å²) in [5.74, 6) is 0.239. The van der Waals surface area contributed by atoms with Crippen LogP contribution >= 0.6 is 24.0 Å². The van der Waals surface area contributed by atoms with Crippen LogP contribution in [0.25, 0.3) is 11.3 Å². The van der Waals surface area contributed by atoms with Gasteiger partial charge in [0.2, 0.25) is 0 Å². The summed E-state index contributed by atoms with van der Waals surface area (Å²) in [6, 6.07) is 20.1. The Morgan fingerprint density at radius 3 is 2.47 bits per heavy atom. The molecule has 192 valence electrons. The number of amides is 1. The molecule has 5 rings (SSSR count). The molecule has 2 aromatic carbocycles. The molecule has 0 N–H and O–H groups in total. The van der Waals surface area contributed by atoms with E-state index in [0.717, 1.165) is 11.1 Å². The van der Waals surface area contributed by atoms with E-state index in [-0.39, 0.29) is 24.0 Å². The molecule has 1 amide bonds. The van der Waals surface area contributed by atoms with E-state index in [4.69, 9.17) is 30.2 Å². The topological polar surface area (TPSA) is 103 Å². The summed E-state index contributed by atoms with van der Waals surface area (Å²) >= 11 is 6.71. The van der Waals surface area contributed by atoms with E-state index < -0.39 is 11.8 Å². The Morgan fingerprint density at radius 1 is 1.00 bits per heavy atom. The van der Waals surface area contributed by atoms with Gasteiger partial charge in [0.1, 0.15) is 15.8 Å². The lowest BCUT2D eigenvalue weighted by molar-refractivity contribution is -0.122. The molecule has 38 heavy (non-hydrogen) atoms. The van der Waals surface area contributed by atoms with Gasteiger partial charge in [-0.15, -0.1) is 0 Å². The third-order valence-electron chi connectivity index (χ3n) is 5.78. The minimum Gasteiger partial charge on any atom is -0.461 e. The number of rotatable bonds is 8. The maximum atomic E-state index is 12.9. The molecule has 0 aliphatic carbocycles. The van der Waals surface area contributed by atoms with Gasteiger partial charge in [0.15, 0.2) is 18.1 Å². The summed E-state index contributed by atoms with van der Waals surface area (Å²) < 4.78 is 21.3. The predicted molar refractivity (Wildman–Crippen MR) is 144 cm³/mol. The van der Waals surface area contributed by atoms with E-state index in [2.05, 4.69) is 0 Å². The smallest absolute Gasteiger partial charge is 0.461 e. The fraction of sp³-hybridized carbons (Fsp3) is 0.143. The molecular formula is C28H21NO7S2. The Hall–Kier alpha value is -4.15. The molecule has 0 bridgehead atoms. The summed E-state index contributed by atoms with van der Waals surface area (Å²) in [4.78, 5) is 38.5. The number of nitrogens with zero attached hydrogens (tertiary/aromatic N) is 1. The van der Waals surface area contributed by atoms with Crippen LogP contribution in [0.15, 0.2) is 95.8 Å². The van der Waals surface area contributed by atoms with Crippen molar-refractivity contribution in [2.75, 3.05) is 0 Å². The standard InChI is InChI=1S/C28H21NO7S2/c1-17-23(36-28(32)34-17)16-33-26(31)20-9-7-19(8-10-20)22-13-11-21(35-22)12-14-24-25(30)29(27(37)38-24)15-18-5-3-2-4-6-18/h2-11,13-14H,12,15-16H2,1H3/b24-14+. The molecule has 0 unspecified atom stereocenters. The molecule has 3 heterocycles. The number of hydrogen-bond acceptors (Lipinski definition) is 9. The molecule has 1 aliphatic heterocycles. The summed E-state index contributed by atoms with van der Waals surface area (Å²) in [7, 11) is 0. The number of thiocarbonyl (C=S) groups is 1. The molecule has 0 atom stereocenters. The van der Waals surface area contributed by atoms with Crippen LogP contribution in [0.1, 0.15) is 33.2 Å². The van der Waals surface area contributed by atoms with Gasteiger partial charge in [-0.1, -0.05) is 72.5 Å². The first-order chi connectivity index (χ1) is 18.4. The van der Waals surface area contributed by atoms with Crippen molar-refractivity contribution in [2.45, 2.75) is 26.5 Å². The zero-order valence-corrected chi connectivity index (χ0v) is 21.8. The SMILES string of the molecule is Cc1oc(=O)oc1COC(=O)c1ccc(-c2ccc(C/C=C3/SC(=S)N(Cc4ccccc4)C3=O)o2)cc1. The molecule has 8 nitrogen and oxygen atoms in total. The molecule has 1 aliphatic rings. The molecule has 0 radical (unpaired) electrons. The number of hydrogen-bond donors (Lipinski definition) is 0. The van der Waals surface area contributed by atoms with Crippen LogP contribution < -0.4 is 5.82 Å². The van der Waals surface area contributed by atoms with Gasteiger partial charge in [-0.05, 0) is 36.8 Å². The number of aryl methyl sites for hydroxylation is 1. The molecule has 1 fully saturated rings. The molecule has 1 saturated heterocycles. The lowest BCUT2D eigenvalue weighted by Crippen LogP contribution is -2.27. The van der Waals surface area contributed by atoms with Crippen LogP contribution in [0.2, 0.25) is 0 Å². The quantitative estimate of drug-likeness (QED) is 0.157. The average molecular weight is 548 g/mol. The van der Waals surface area contributed by atoms with E-state index >= 15 is 0 Å². The van der Waals surface area contributed by atoms with Crippen molar-refractivity contribution in [2.24, 2.45) is 0 Å². The fourth-order valence-corrected chi connectivity index (χ4v) is 4.99. The summed E-state index contributed by atoms with van der Waals surface area (Å²) in [6.07, 6.45) is 2.26. The highest BCUT2D eigenvalue weighted by molar-refractivity contribution is 8.26. The van der Waals surface area contributed by atoms with Crippen LogP contribution in [-0.2, 0) is 29.1 Å². The Balaban J connectivity index is 1.19. The van der Waals surface area contributed by atoms with Gasteiger partial charge in [-0.2, -0.15) is 0 Å². The van der Waals surface area contributed by atoms with Gasteiger partial charge >= 0.3 is 11.8 Å². The highest BCUT2D eigenvalue weighted by Gasteiger charge is 2.31. The maximum Gasteiger partial charge on any atom is 0.519 e. The first-order valence-electron chi connectivity index (χ1n) is 11.6. The maximum absolute atomic E-state index is 12.9. The lowest BCUT2D eigenvalue weighted by Gasteiger charge is -2.14. The number of furan rings is 1. The van der Waals surface area contributed by atoms with Crippen LogP contribution in [0.5, 0.6) is 0 Å². The highest BCUT2D eigenvalue weighted by Crippen LogP contribution is 2.33. The van der Waals surface area contributed by atoms with Crippen molar-refractivity contribution >= 4 is 40.2 Å².